The maximum absolute atomic E-state index is 12.3. The summed E-state index contributed by atoms with van der Waals surface area (Å²) in [6, 6.07) is 15.2. The number of rotatable bonds is 5. The van der Waals surface area contributed by atoms with Gasteiger partial charge in [-0.3, -0.25) is 4.72 Å². The fraction of sp³-hybridized carbons (Fsp3) is 0. The molecule has 2 N–H and O–H groups in total. The van der Waals surface area contributed by atoms with E-state index in [-0.39, 0.29) is 4.90 Å². The van der Waals surface area contributed by atoms with Crippen LogP contribution in [0.25, 0.3) is 16.2 Å². The Labute approximate surface area is 142 Å². The van der Waals surface area contributed by atoms with Crippen LogP contribution in [-0.2, 0) is 14.8 Å². The number of aliphatic carboxylic acids is 1. The van der Waals surface area contributed by atoms with Crippen molar-refractivity contribution in [2.75, 3.05) is 4.72 Å². The lowest BCUT2D eigenvalue weighted by Crippen LogP contribution is -2.12. The molecule has 0 saturated heterocycles. The Morgan fingerprint density at radius 2 is 1.83 bits per heavy atom. The van der Waals surface area contributed by atoms with E-state index in [0.717, 1.165) is 21.0 Å². The largest absolute Gasteiger partial charge is 0.478 e. The Hall–Kier alpha value is -2.64. The van der Waals surface area contributed by atoms with Crippen molar-refractivity contribution in [3.8, 4) is 0 Å². The van der Waals surface area contributed by atoms with Gasteiger partial charge in [-0.25, -0.2) is 13.2 Å². The minimum absolute atomic E-state index is 0.195. The average Bonchev–Trinajstić information content (AvgIpc) is 2.95. The number of thiophene rings is 1. The summed E-state index contributed by atoms with van der Waals surface area (Å²) >= 11 is 1.43. The van der Waals surface area contributed by atoms with E-state index in [4.69, 9.17) is 5.11 Å². The molecule has 0 fully saturated rings. The molecule has 0 aliphatic rings. The van der Waals surface area contributed by atoms with Crippen molar-refractivity contribution in [2.45, 2.75) is 4.90 Å². The molecule has 3 rings (SSSR count). The average molecular weight is 359 g/mol. The molecule has 1 aromatic heterocycles. The Bertz CT molecular complexity index is 1020. The first-order valence-electron chi connectivity index (χ1n) is 6.96. The van der Waals surface area contributed by atoms with E-state index < -0.39 is 16.0 Å². The van der Waals surface area contributed by atoms with Crippen LogP contribution in [0.2, 0.25) is 0 Å². The molecule has 1 heterocycles. The molecule has 0 aliphatic carbocycles. The van der Waals surface area contributed by atoms with E-state index in [9.17, 15) is 13.2 Å². The van der Waals surface area contributed by atoms with Gasteiger partial charge in [-0.05, 0) is 47.9 Å². The van der Waals surface area contributed by atoms with Crippen molar-refractivity contribution < 1.29 is 18.3 Å². The van der Waals surface area contributed by atoms with Crippen molar-refractivity contribution in [3.05, 3.63) is 65.6 Å². The van der Waals surface area contributed by atoms with Gasteiger partial charge in [0.15, 0.2) is 0 Å². The van der Waals surface area contributed by atoms with Crippen LogP contribution in [0.15, 0.2) is 65.6 Å². The minimum atomic E-state index is -3.63. The number of carboxylic acids is 1. The van der Waals surface area contributed by atoms with Crippen molar-refractivity contribution in [1.29, 1.82) is 0 Å². The number of carboxylic acid groups (broad SMARTS) is 1. The molecule has 0 unspecified atom stereocenters. The summed E-state index contributed by atoms with van der Waals surface area (Å²) < 4.78 is 28.2. The van der Waals surface area contributed by atoms with Gasteiger partial charge in [-0.1, -0.05) is 18.2 Å². The summed E-state index contributed by atoms with van der Waals surface area (Å²) in [6.45, 7) is 0. The molecule has 122 valence electrons. The lowest BCUT2D eigenvalue weighted by molar-refractivity contribution is -0.131. The Balaban J connectivity index is 1.90. The number of hydrogen-bond donors (Lipinski definition) is 2. The first-order valence-corrected chi connectivity index (χ1v) is 9.26. The van der Waals surface area contributed by atoms with Crippen LogP contribution >= 0.6 is 11.3 Å². The van der Waals surface area contributed by atoms with Gasteiger partial charge in [0.2, 0.25) is 0 Å². The lowest BCUT2D eigenvalue weighted by atomic mass is 10.2. The Morgan fingerprint density at radius 1 is 1.08 bits per heavy atom. The van der Waals surface area contributed by atoms with E-state index in [2.05, 4.69) is 4.72 Å². The zero-order valence-corrected chi connectivity index (χ0v) is 14.0. The van der Waals surface area contributed by atoms with E-state index in [1.54, 1.807) is 36.4 Å². The third-order valence-corrected chi connectivity index (χ3v) is 5.71. The maximum Gasteiger partial charge on any atom is 0.328 e. The first-order chi connectivity index (χ1) is 11.4. The molecule has 3 aromatic rings. The van der Waals surface area contributed by atoms with Gasteiger partial charge in [0.05, 0.1) is 4.90 Å². The summed E-state index contributed by atoms with van der Waals surface area (Å²) in [5.41, 5.74) is 0.456. The van der Waals surface area contributed by atoms with Gasteiger partial charge in [0.1, 0.15) is 0 Å². The van der Waals surface area contributed by atoms with Crippen LogP contribution in [-0.4, -0.2) is 19.5 Å². The van der Waals surface area contributed by atoms with Gasteiger partial charge < -0.3 is 5.11 Å². The molecule has 5 nitrogen and oxygen atoms in total. The topological polar surface area (TPSA) is 83.5 Å². The van der Waals surface area contributed by atoms with Gasteiger partial charge in [0, 0.05) is 21.3 Å². The number of sulfonamides is 1. The molecule has 0 atom stereocenters. The highest BCUT2D eigenvalue weighted by Crippen LogP contribution is 2.29. The summed E-state index contributed by atoms with van der Waals surface area (Å²) in [5, 5.41) is 9.52. The van der Waals surface area contributed by atoms with Gasteiger partial charge in [-0.15, -0.1) is 11.3 Å². The van der Waals surface area contributed by atoms with E-state index in [1.165, 1.54) is 29.5 Å². The highest BCUT2D eigenvalue weighted by Gasteiger charge is 2.13. The van der Waals surface area contributed by atoms with Crippen LogP contribution < -0.4 is 4.72 Å². The third-order valence-electron chi connectivity index (χ3n) is 3.23. The van der Waals surface area contributed by atoms with Crippen LogP contribution in [0.1, 0.15) is 4.88 Å². The summed E-state index contributed by atoms with van der Waals surface area (Å²) in [7, 11) is -3.63. The number of carbonyl (C=O) groups is 1. The summed E-state index contributed by atoms with van der Waals surface area (Å²) in [6.07, 6.45) is 2.59. The molecule has 0 aliphatic heterocycles. The second kappa shape index (κ2) is 6.46. The summed E-state index contributed by atoms with van der Waals surface area (Å²) in [5.74, 6) is -1.01. The summed E-state index contributed by atoms with van der Waals surface area (Å²) in [4.78, 5) is 11.6. The van der Waals surface area contributed by atoms with E-state index >= 15 is 0 Å². The van der Waals surface area contributed by atoms with Crippen molar-refractivity contribution in [1.82, 2.24) is 0 Å². The molecule has 2 aromatic carbocycles. The van der Waals surface area contributed by atoms with Crippen LogP contribution in [0.4, 0.5) is 5.69 Å². The van der Waals surface area contributed by atoms with Gasteiger partial charge in [-0.2, -0.15) is 0 Å². The molecule has 0 spiro atoms. The predicted molar refractivity (Wildman–Crippen MR) is 95.7 cm³/mol. The van der Waals surface area contributed by atoms with E-state index in [1.807, 2.05) is 6.07 Å². The standard InChI is InChI=1S/C17H13NO4S2/c19-17(20)9-7-14-11-12-10-13(6-8-16(12)23-14)18-24(21,22)15-4-2-1-3-5-15/h1-11,18H,(H,19,20). The molecule has 7 heteroatoms. The van der Waals surface area contributed by atoms with Crippen molar-refractivity contribution in [3.63, 3.8) is 0 Å². The molecular formula is C17H13NO4S2. The highest BCUT2D eigenvalue weighted by atomic mass is 32.2. The fourth-order valence-corrected chi connectivity index (χ4v) is 4.19. The van der Waals surface area contributed by atoms with Crippen LogP contribution in [0, 0.1) is 0 Å². The first kappa shape index (κ1) is 16.2. The zero-order chi connectivity index (χ0) is 17.2. The highest BCUT2D eigenvalue weighted by molar-refractivity contribution is 7.92. The van der Waals surface area contributed by atoms with Crippen LogP contribution in [0.3, 0.4) is 0 Å². The number of benzene rings is 2. The normalized spacial score (nSPS) is 11.8. The Kier molecular flexibility index (Phi) is 4.37. The smallest absolute Gasteiger partial charge is 0.328 e. The van der Waals surface area contributed by atoms with Gasteiger partial charge in [0.25, 0.3) is 10.0 Å². The predicted octanol–water partition coefficient (Wildman–Crippen LogP) is 3.80. The quantitative estimate of drug-likeness (QED) is 0.679. The molecule has 0 saturated carbocycles. The minimum Gasteiger partial charge on any atom is -0.478 e. The van der Waals surface area contributed by atoms with Crippen molar-refractivity contribution in [2.24, 2.45) is 0 Å². The number of fused-ring (bicyclic) bond motifs is 1. The monoisotopic (exact) mass is 359 g/mol. The van der Waals surface area contributed by atoms with Crippen LogP contribution in [0.5, 0.6) is 0 Å². The Morgan fingerprint density at radius 3 is 2.54 bits per heavy atom. The van der Waals surface area contributed by atoms with Crippen molar-refractivity contribution >= 4 is 49.2 Å². The molecule has 24 heavy (non-hydrogen) atoms. The fourth-order valence-electron chi connectivity index (χ4n) is 2.18. The molecule has 0 bridgehead atoms. The molecular weight excluding hydrogens is 346 g/mol. The van der Waals surface area contributed by atoms with Gasteiger partial charge >= 0.3 is 5.97 Å². The molecule has 0 amide bonds. The number of anilines is 1. The molecule has 0 radical (unpaired) electrons. The second-order valence-corrected chi connectivity index (χ2v) is 7.79. The van der Waals surface area contributed by atoms with E-state index in [0.29, 0.717) is 5.69 Å². The maximum atomic E-state index is 12.3. The third kappa shape index (κ3) is 3.64. The second-order valence-electron chi connectivity index (χ2n) is 4.99. The number of nitrogens with one attached hydrogen (secondary N) is 1. The SMILES string of the molecule is O=C(O)C=Cc1cc2cc(NS(=O)(=O)c3ccccc3)ccc2s1. The number of hydrogen-bond acceptors (Lipinski definition) is 4. The zero-order valence-electron chi connectivity index (χ0n) is 12.3. The lowest BCUT2D eigenvalue weighted by Gasteiger charge is -2.07.